The van der Waals surface area contributed by atoms with Crippen LogP contribution in [0.2, 0.25) is 0 Å². The molecular weight excluding hydrogens is 388 g/mol. The second kappa shape index (κ2) is 8.23. The van der Waals surface area contributed by atoms with E-state index in [4.69, 9.17) is 5.11 Å². The van der Waals surface area contributed by atoms with Crippen LogP contribution in [0, 0.1) is 0 Å². The number of aromatic carboxylic acids is 1. The molecule has 0 aliphatic heterocycles. The number of carboxylic acids is 1. The van der Waals surface area contributed by atoms with E-state index >= 15 is 0 Å². The Morgan fingerprint density at radius 2 is 1.93 bits per heavy atom. The fourth-order valence-corrected chi connectivity index (χ4v) is 5.10. The molecule has 1 N–H and O–H groups in total. The van der Waals surface area contributed by atoms with Crippen LogP contribution in [0.5, 0.6) is 0 Å². The van der Waals surface area contributed by atoms with Crippen LogP contribution in [0.3, 0.4) is 0 Å². The van der Waals surface area contributed by atoms with Gasteiger partial charge in [0, 0.05) is 11.3 Å². The van der Waals surface area contributed by atoms with Crippen molar-refractivity contribution in [3.8, 4) is 0 Å². The first kappa shape index (κ1) is 20.6. The van der Waals surface area contributed by atoms with E-state index in [-0.39, 0.29) is 5.41 Å². The zero-order valence-corrected chi connectivity index (χ0v) is 18.6. The molecule has 0 amide bonds. The molecule has 0 fully saturated rings. The summed E-state index contributed by atoms with van der Waals surface area (Å²) < 4.78 is 0. The predicted octanol–water partition coefficient (Wildman–Crippen LogP) is 7.38. The fourth-order valence-electron chi connectivity index (χ4n) is 4.37. The zero-order chi connectivity index (χ0) is 21.3. The molecule has 1 aromatic heterocycles. The summed E-state index contributed by atoms with van der Waals surface area (Å²) in [6.45, 7) is 7.06. The van der Waals surface area contributed by atoms with Crippen molar-refractivity contribution in [3.05, 3.63) is 92.2 Å². The molecule has 1 unspecified atom stereocenters. The molecule has 2 nitrogen and oxygen atoms in total. The Morgan fingerprint density at radius 3 is 2.60 bits per heavy atom. The molecule has 30 heavy (non-hydrogen) atoms. The molecule has 154 valence electrons. The summed E-state index contributed by atoms with van der Waals surface area (Å²) in [6.07, 6.45) is 7.67. The maximum absolute atomic E-state index is 11.1. The molecule has 1 aliphatic rings. The van der Waals surface area contributed by atoms with Crippen LogP contribution in [-0.4, -0.2) is 11.1 Å². The van der Waals surface area contributed by atoms with Gasteiger partial charge in [-0.15, -0.1) is 11.3 Å². The van der Waals surface area contributed by atoms with Gasteiger partial charge in [0.25, 0.3) is 0 Å². The van der Waals surface area contributed by atoms with Crippen molar-refractivity contribution in [2.45, 2.75) is 51.4 Å². The normalized spacial score (nSPS) is 17.8. The van der Waals surface area contributed by atoms with Gasteiger partial charge in [-0.1, -0.05) is 63.3 Å². The molecule has 0 bridgehead atoms. The van der Waals surface area contributed by atoms with E-state index in [1.54, 1.807) is 23.5 Å². The summed E-state index contributed by atoms with van der Waals surface area (Å²) in [6, 6.07) is 16.2. The maximum atomic E-state index is 11.1. The third kappa shape index (κ3) is 4.27. The van der Waals surface area contributed by atoms with Crippen molar-refractivity contribution in [2.24, 2.45) is 0 Å². The van der Waals surface area contributed by atoms with E-state index in [0.717, 1.165) is 12.0 Å². The summed E-state index contributed by atoms with van der Waals surface area (Å²) in [5.74, 6) is -0.300. The highest BCUT2D eigenvalue weighted by atomic mass is 32.1. The standard InChI is InChI=1S/C27H28O2S/c1-18-12-13-27(2,3)25-17-21(11-8-19-6-9-20(10-7-19)26(28)29)22(16-24(18)25)15-23-5-4-14-30-23/h4-11,14,16-18H,12-13,15H2,1-3H3,(H,28,29)/b11-8+. The van der Waals surface area contributed by atoms with Crippen LogP contribution < -0.4 is 0 Å². The maximum Gasteiger partial charge on any atom is 0.335 e. The number of fused-ring (bicyclic) bond motifs is 1. The van der Waals surface area contributed by atoms with Gasteiger partial charge in [-0.3, -0.25) is 0 Å². The van der Waals surface area contributed by atoms with E-state index < -0.39 is 5.97 Å². The minimum absolute atomic E-state index is 0.190. The number of hydrogen-bond acceptors (Lipinski definition) is 2. The number of benzene rings is 2. The van der Waals surface area contributed by atoms with E-state index in [2.05, 4.69) is 62.6 Å². The van der Waals surface area contributed by atoms with Gasteiger partial charge in [0.15, 0.2) is 0 Å². The van der Waals surface area contributed by atoms with Crippen LogP contribution in [-0.2, 0) is 11.8 Å². The van der Waals surface area contributed by atoms with Crippen LogP contribution >= 0.6 is 11.3 Å². The van der Waals surface area contributed by atoms with Crippen LogP contribution in [0.15, 0.2) is 53.9 Å². The van der Waals surface area contributed by atoms with E-state index in [1.807, 2.05) is 12.1 Å². The average Bonchev–Trinajstić information content (AvgIpc) is 3.23. The monoisotopic (exact) mass is 416 g/mol. The number of rotatable bonds is 5. The Bertz CT molecular complexity index is 1070. The van der Waals surface area contributed by atoms with Crippen molar-refractivity contribution in [1.29, 1.82) is 0 Å². The molecule has 1 aliphatic carbocycles. The number of carboxylic acid groups (broad SMARTS) is 1. The molecule has 0 radical (unpaired) electrons. The molecule has 0 saturated heterocycles. The first-order valence-corrected chi connectivity index (χ1v) is 11.4. The number of carbonyl (C=O) groups is 1. The Hall–Kier alpha value is -2.65. The highest BCUT2D eigenvalue weighted by molar-refractivity contribution is 7.09. The third-order valence-electron chi connectivity index (χ3n) is 6.33. The SMILES string of the molecule is CC1CCC(C)(C)c2cc(/C=C/c3ccc(C(=O)O)cc3)c(Cc3cccs3)cc21. The summed E-state index contributed by atoms with van der Waals surface area (Å²) in [5, 5.41) is 11.2. The zero-order valence-electron chi connectivity index (χ0n) is 17.8. The van der Waals surface area contributed by atoms with Crippen molar-refractivity contribution in [2.75, 3.05) is 0 Å². The first-order chi connectivity index (χ1) is 14.3. The number of hydrogen-bond donors (Lipinski definition) is 1. The molecule has 1 atom stereocenters. The van der Waals surface area contributed by atoms with Crippen LogP contribution in [0.1, 0.15) is 82.6 Å². The highest BCUT2D eigenvalue weighted by Crippen LogP contribution is 2.44. The highest BCUT2D eigenvalue weighted by Gasteiger charge is 2.31. The predicted molar refractivity (Wildman–Crippen MR) is 127 cm³/mol. The largest absolute Gasteiger partial charge is 0.478 e. The van der Waals surface area contributed by atoms with E-state index in [9.17, 15) is 4.79 Å². The lowest BCUT2D eigenvalue weighted by Crippen LogP contribution is -2.26. The lowest BCUT2D eigenvalue weighted by molar-refractivity contribution is 0.0697. The summed E-state index contributed by atoms with van der Waals surface area (Å²) in [5.41, 5.74) is 7.10. The molecule has 2 aromatic carbocycles. The van der Waals surface area contributed by atoms with Gasteiger partial charge < -0.3 is 5.11 Å². The summed E-state index contributed by atoms with van der Waals surface area (Å²) in [4.78, 5) is 12.5. The van der Waals surface area contributed by atoms with Crippen molar-refractivity contribution in [3.63, 3.8) is 0 Å². The second-order valence-electron chi connectivity index (χ2n) is 8.98. The smallest absolute Gasteiger partial charge is 0.335 e. The number of thiophene rings is 1. The average molecular weight is 417 g/mol. The minimum atomic E-state index is -0.894. The fraction of sp³-hybridized carbons (Fsp3) is 0.296. The van der Waals surface area contributed by atoms with Gasteiger partial charge in [-0.05, 0) is 75.6 Å². The van der Waals surface area contributed by atoms with Crippen molar-refractivity contribution >= 4 is 29.5 Å². The Kier molecular flexibility index (Phi) is 5.66. The second-order valence-corrected chi connectivity index (χ2v) is 10.0. The summed E-state index contributed by atoms with van der Waals surface area (Å²) in [7, 11) is 0. The van der Waals surface area contributed by atoms with Crippen LogP contribution in [0.4, 0.5) is 0 Å². The molecule has 3 heteroatoms. The van der Waals surface area contributed by atoms with E-state index in [0.29, 0.717) is 11.5 Å². The molecule has 1 heterocycles. The lowest BCUT2D eigenvalue weighted by atomic mass is 9.68. The quantitative estimate of drug-likeness (QED) is 0.440. The van der Waals surface area contributed by atoms with Gasteiger partial charge in [0.2, 0.25) is 0 Å². The Labute approximate surface area is 182 Å². The molecule has 3 aromatic rings. The molecule has 4 rings (SSSR count). The topological polar surface area (TPSA) is 37.3 Å². The van der Waals surface area contributed by atoms with Gasteiger partial charge in [0.1, 0.15) is 0 Å². The minimum Gasteiger partial charge on any atom is -0.478 e. The van der Waals surface area contributed by atoms with Gasteiger partial charge in [-0.25, -0.2) is 4.79 Å². The van der Waals surface area contributed by atoms with Gasteiger partial charge in [-0.2, -0.15) is 0 Å². The summed E-state index contributed by atoms with van der Waals surface area (Å²) >= 11 is 1.80. The van der Waals surface area contributed by atoms with Gasteiger partial charge >= 0.3 is 5.97 Å². The molecular formula is C27H28O2S. The molecule has 0 saturated carbocycles. The lowest BCUT2D eigenvalue weighted by Gasteiger charge is -2.37. The van der Waals surface area contributed by atoms with Crippen molar-refractivity contribution in [1.82, 2.24) is 0 Å². The Balaban J connectivity index is 1.75. The van der Waals surface area contributed by atoms with E-state index in [1.165, 1.54) is 40.0 Å². The van der Waals surface area contributed by atoms with Gasteiger partial charge in [0.05, 0.1) is 5.56 Å². The van der Waals surface area contributed by atoms with Crippen LogP contribution in [0.25, 0.3) is 12.2 Å². The Morgan fingerprint density at radius 1 is 1.17 bits per heavy atom. The van der Waals surface area contributed by atoms with Crippen molar-refractivity contribution < 1.29 is 9.90 Å². The molecule has 0 spiro atoms. The first-order valence-electron chi connectivity index (χ1n) is 10.5. The third-order valence-corrected chi connectivity index (χ3v) is 7.21.